The molecule has 1 atom stereocenters. The van der Waals surface area contributed by atoms with E-state index < -0.39 is 0 Å². The Labute approximate surface area is 129 Å². The van der Waals surface area contributed by atoms with Gasteiger partial charge in [0.25, 0.3) is 0 Å². The molecule has 1 aromatic rings. The van der Waals surface area contributed by atoms with Crippen molar-refractivity contribution in [2.45, 2.75) is 19.4 Å². The Morgan fingerprint density at radius 2 is 2.33 bits per heavy atom. The third-order valence-corrected chi connectivity index (χ3v) is 5.88. The van der Waals surface area contributed by atoms with E-state index in [1.165, 1.54) is 18.5 Å². The summed E-state index contributed by atoms with van der Waals surface area (Å²) in [6, 6.07) is 2.21. The molecule has 3 saturated heterocycles. The molecule has 0 N–H and O–H groups in total. The van der Waals surface area contributed by atoms with Crippen molar-refractivity contribution >= 4 is 17.2 Å². The highest BCUT2D eigenvalue weighted by atomic mass is 32.1. The molecule has 0 aliphatic carbocycles. The van der Waals surface area contributed by atoms with Crippen molar-refractivity contribution in [2.24, 2.45) is 11.3 Å². The maximum atomic E-state index is 12.3. The zero-order valence-electron chi connectivity index (χ0n) is 12.3. The van der Waals surface area contributed by atoms with E-state index >= 15 is 0 Å². The van der Waals surface area contributed by atoms with Crippen LogP contribution in [0.2, 0.25) is 0 Å². The molecule has 0 unspecified atom stereocenters. The van der Waals surface area contributed by atoms with Crippen molar-refractivity contribution in [1.82, 2.24) is 9.80 Å². The summed E-state index contributed by atoms with van der Waals surface area (Å²) in [7, 11) is 0. The molecular weight excluding hydrogens is 284 g/mol. The number of ether oxygens (including phenoxy) is 1. The average molecular weight is 306 g/mol. The molecule has 0 saturated carbocycles. The molecule has 3 aliphatic rings. The zero-order valence-corrected chi connectivity index (χ0v) is 13.1. The minimum Gasteiger partial charge on any atom is -0.381 e. The molecule has 4 nitrogen and oxygen atoms in total. The smallest absolute Gasteiger partial charge is 0.228 e. The molecule has 21 heavy (non-hydrogen) atoms. The number of carbonyl (C=O) groups is 1. The van der Waals surface area contributed by atoms with Crippen LogP contribution in [0, 0.1) is 11.3 Å². The van der Waals surface area contributed by atoms with Crippen LogP contribution in [0.3, 0.4) is 0 Å². The number of nitrogens with zero attached hydrogens (tertiary/aromatic N) is 2. The first-order valence-corrected chi connectivity index (χ1v) is 8.78. The Hall–Kier alpha value is -0.910. The number of hydrogen-bond acceptors (Lipinski definition) is 4. The van der Waals surface area contributed by atoms with Crippen molar-refractivity contribution in [2.75, 3.05) is 39.4 Å². The minimum atomic E-state index is 0.130. The first-order valence-electron chi connectivity index (χ1n) is 7.84. The van der Waals surface area contributed by atoms with Crippen LogP contribution in [0.4, 0.5) is 0 Å². The first-order chi connectivity index (χ1) is 10.2. The quantitative estimate of drug-likeness (QED) is 0.854. The summed E-state index contributed by atoms with van der Waals surface area (Å²) in [5.74, 6) is 0.458. The van der Waals surface area contributed by atoms with Gasteiger partial charge in [0.15, 0.2) is 0 Å². The van der Waals surface area contributed by atoms with E-state index in [9.17, 15) is 4.79 Å². The summed E-state index contributed by atoms with van der Waals surface area (Å²) in [5, 5.41) is 4.39. The molecule has 1 aromatic heterocycles. The van der Waals surface area contributed by atoms with Crippen LogP contribution in [-0.2, 0) is 16.1 Å². The molecule has 3 aliphatic heterocycles. The maximum Gasteiger partial charge on any atom is 0.228 e. The monoisotopic (exact) mass is 306 g/mol. The molecule has 0 radical (unpaired) electrons. The fourth-order valence-electron chi connectivity index (χ4n) is 3.97. The van der Waals surface area contributed by atoms with E-state index in [2.05, 4.69) is 26.6 Å². The highest BCUT2D eigenvalue weighted by molar-refractivity contribution is 7.07. The number of hydrogen-bond donors (Lipinski definition) is 0. The fraction of sp³-hybridized carbons (Fsp3) is 0.688. The summed E-state index contributed by atoms with van der Waals surface area (Å²) < 4.78 is 5.34. The highest BCUT2D eigenvalue weighted by Crippen LogP contribution is 2.41. The van der Waals surface area contributed by atoms with E-state index in [1.807, 2.05) is 0 Å². The number of amides is 1. The number of rotatable bonds is 3. The molecular formula is C16H22N2O2S. The zero-order chi connectivity index (χ0) is 14.3. The third-order valence-electron chi connectivity index (χ3n) is 5.15. The van der Waals surface area contributed by atoms with Crippen molar-refractivity contribution in [3.05, 3.63) is 22.4 Å². The summed E-state index contributed by atoms with van der Waals surface area (Å²) >= 11 is 1.77. The number of carbonyl (C=O) groups excluding carboxylic acids is 1. The molecule has 3 fully saturated rings. The Kier molecular flexibility index (Phi) is 3.52. The van der Waals surface area contributed by atoms with Gasteiger partial charge in [-0.15, -0.1) is 0 Å². The lowest BCUT2D eigenvalue weighted by Crippen LogP contribution is -2.60. The van der Waals surface area contributed by atoms with Gasteiger partial charge in [-0.2, -0.15) is 11.3 Å². The summed E-state index contributed by atoms with van der Waals surface area (Å²) in [5.41, 5.74) is 1.80. The second-order valence-electron chi connectivity index (χ2n) is 6.85. The standard InChI is InChI=1S/C16H22N2O2S/c19-15(14-1-5-20-8-14)18-11-16(12-18)3-4-17(10-16)7-13-2-6-21-9-13/h2,6,9,14H,1,3-5,7-8,10-12H2/t14-/m0/s1. The Bertz CT molecular complexity index is 504. The second kappa shape index (κ2) is 5.38. The van der Waals surface area contributed by atoms with Gasteiger partial charge < -0.3 is 9.64 Å². The van der Waals surface area contributed by atoms with Crippen LogP contribution in [0.5, 0.6) is 0 Å². The summed E-state index contributed by atoms with van der Waals surface area (Å²) in [6.07, 6.45) is 2.15. The molecule has 4 rings (SSSR count). The van der Waals surface area contributed by atoms with Gasteiger partial charge >= 0.3 is 0 Å². The fourth-order valence-corrected chi connectivity index (χ4v) is 4.63. The maximum absolute atomic E-state index is 12.3. The largest absolute Gasteiger partial charge is 0.381 e. The predicted octanol–water partition coefficient (Wildman–Crippen LogP) is 1.82. The summed E-state index contributed by atoms with van der Waals surface area (Å²) in [4.78, 5) is 16.9. The van der Waals surface area contributed by atoms with Gasteiger partial charge in [-0.3, -0.25) is 9.69 Å². The third kappa shape index (κ3) is 2.62. The average Bonchev–Trinajstić information content (AvgIpc) is 3.18. The lowest BCUT2D eigenvalue weighted by molar-refractivity contribution is -0.147. The molecule has 1 amide bonds. The van der Waals surface area contributed by atoms with Crippen LogP contribution in [0.25, 0.3) is 0 Å². The van der Waals surface area contributed by atoms with Crippen LogP contribution in [-0.4, -0.2) is 55.1 Å². The van der Waals surface area contributed by atoms with Gasteiger partial charge in [0.1, 0.15) is 0 Å². The summed E-state index contributed by atoms with van der Waals surface area (Å²) in [6.45, 7) is 6.69. The second-order valence-corrected chi connectivity index (χ2v) is 7.63. The number of likely N-dealkylation sites (tertiary alicyclic amines) is 2. The van der Waals surface area contributed by atoms with Crippen LogP contribution in [0.15, 0.2) is 16.8 Å². The SMILES string of the molecule is O=C([C@H]1CCOC1)N1CC2(CCN(Cc3ccsc3)C2)C1. The normalized spacial score (nSPS) is 28.2. The minimum absolute atomic E-state index is 0.130. The molecule has 1 spiro atoms. The predicted molar refractivity (Wildman–Crippen MR) is 82.2 cm³/mol. The molecule has 114 valence electrons. The molecule has 5 heteroatoms. The van der Waals surface area contributed by atoms with Crippen molar-refractivity contribution in [3.8, 4) is 0 Å². The highest BCUT2D eigenvalue weighted by Gasteiger charge is 2.50. The molecule has 4 heterocycles. The lowest BCUT2D eigenvalue weighted by Gasteiger charge is -2.49. The van der Waals surface area contributed by atoms with Crippen LogP contribution < -0.4 is 0 Å². The number of thiophene rings is 1. The van der Waals surface area contributed by atoms with E-state index in [-0.39, 0.29) is 5.92 Å². The van der Waals surface area contributed by atoms with Gasteiger partial charge in [-0.05, 0) is 41.8 Å². The van der Waals surface area contributed by atoms with E-state index in [4.69, 9.17) is 4.74 Å². The van der Waals surface area contributed by atoms with Gasteiger partial charge in [-0.1, -0.05) is 0 Å². The van der Waals surface area contributed by atoms with Crippen LogP contribution in [0.1, 0.15) is 18.4 Å². The van der Waals surface area contributed by atoms with Gasteiger partial charge in [0.05, 0.1) is 12.5 Å². The molecule has 0 aromatic carbocycles. The first kappa shape index (κ1) is 13.7. The van der Waals surface area contributed by atoms with E-state index in [0.29, 0.717) is 17.9 Å². The van der Waals surface area contributed by atoms with E-state index in [0.717, 1.165) is 39.2 Å². The molecule has 0 bridgehead atoms. The Morgan fingerprint density at radius 1 is 1.43 bits per heavy atom. The van der Waals surface area contributed by atoms with Gasteiger partial charge in [-0.25, -0.2) is 0 Å². The van der Waals surface area contributed by atoms with Crippen molar-refractivity contribution in [1.29, 1.82) is 0 Å². The topological polar surface area (TPSA) is 32.8 Å². The van der Waals surface area contributed by atoms with Gasteiger partial charge in [0, 0.05) is 38.2 Å². The van der Waals surface area contributed by atoms with Crippen molar-refractivity contribution in [3.63, 3.8) is 0 Å². The van der Waals surface area contributed by atoms with E-state index in [1.54, 1.807) is 11.3 Å². The lowest BCUT2D eigenvalue weighted by atomic mass is 9.78. The van der Waals surface area contributed by atoms with Crippen molar-refractivity contribution < 1.29 is 9.53 Å². The Morgan fingerprint density at radius 3 is 3.05 bits per heavy atom. The Balaban J connectivity index is 1.29. The van der Waals surface area contributed by atoms with Gasteiger partial charge in [0.2, 0.25) is 5.91 Å². The van der Waals surface area contributed by atoms with Crippen LogP contribution >= 0.6 is 11.3 Å².